The highest BCUT2D eigenvalue weighted by Gasteiger charge is 2.33. The zero-order valence-corrected chi connectivity index (χ0v) is 9.77. The molecule has 96 valence electrons. The van der Waals surface area contributed by atoms with Crippen LogP contribution in [-0.4, -0.2) is 18.8 Å². The lowest BCUT2D eigenvalue weighted by atomic mass is 9.87. The van der Waals surface area contributed by atoms with Crippen molar-refractivity contribution in [3.8, 4) is 6.07 Å². The first kappa shape index (κ1) is 12.9. The maximum Gasteiger partial charge on any atom is 0.130 e. The van der Waals surface area contributed by atoms with Gasteiger partial charge >= 0.3 is 0 Å². The summed E-state index contributed by atoms with van der Waals surface area (Å²) in [5.74, 6) is -1.69. The number of nitriles is 1. The summed E-state index contributed by atoms with van der Waals surface area (Å²) in [4.78, 5) is 0. The van der Waals surface area contributed by atoms with Gasteiger partial charge in [-0.15, -0.1) is 0 Å². The molecule has 0 aromatic heterocycles. The molecule has 0 radical (unpaired) electrons. The van der Waals surface area contributed by atoms with Gasteiger partial charge in [0.15, 0.2) is 0 Å². The number of nitrogens with one attached hydrogen (secondary N) is 1. The standard InChI is InChI=1S/C13H13F3N2/c14-11-5-9(8-17)6-12(15)10(11)7-13(16)1-3-18-4-2-13/h5-6,18H,1-4,7H2. The van der Waals surface area contributed by atoms with E-state index in [-0.39, 0.29) is 30.4 Å². The molecule has 1 aliphatic heterocycles. The molecular weight excluding hydrogens is 241 g/mol. The number of piperidine rings is 1. The molecule has 0 unspecified atom stereocenters. The molecule has 1 saturated heterocycles. The highest BCUT2D eigenvalue weighted by atomic mass is 19.1. The van der Waals surface area contributed by atoms with E-state index in [1.54, 1.807) is 6.07 Å². The smallest absolute Gasteiger partial charge is 0.130 e. The fourth-order valence-electron chi connectivity index (χ4n) is 2.20. The minimum Gasteiger partial charge on any atom is -0.316 e. The lowest BCUT2D eigenvalue weighted by molar-refractivity contribution is 0.114. The Hall–Kier alpha value is -1.54. The fraction of sp³-hybridized carbons (Fsp3) is 0.462. The molecule has 18 heavy (non-hydrogen) atoms. The summed E-state index contributed by atoms with van der Waals surface area (Å²) >= 11 is 0. The first-order valence-electron chi connectivity index (χ1n) is 5.82. The van der Waals surface area contributed by atoms with Crippen molar-refractivity contribution in [1.82, 2.24) is 5.32 Å². The maximum atomic E-state index is 14.4. The predicted octanol–water partition coefficient (Wildman–Crippen LogP) is 2.47. The number of rotatable bonds is 2. The molecule has 1 fully saturated rings. The molecule has 1 aromatic carbocycles. The quantitative estimate of drug-likeness (QED) is 0.880. The van der Waals surface area contributed by atoms with Crippen molar-refractivity contribution in [3.05, 3.63) is 34.9 Å². The van der Waals surface area contributed by atoms with E-state index in [0.717, 1.165) is 12.1 Å². The molecule has 0 aliphatic carbocycles. The number of halogens is 3. The van der Waals surface area contributed by atoms with Gasteiger partial charge in [0.05, 0.1) is 11.6 Å². The number of nitrogens with zero attached hydrogens (tertiary/aromatic N) is 1. The average Bonchev–Trinajstić information content (AvgIpc) is 2.34. The average molecular weight is 254 g/mol. The summed E-state index contributed by atoms with van der Waals surface area (Å²) in [5.41, 5.74) is -1.92. The Kier molecular flexibility index (Phi) is 3.58. The van der Waals surface area contributed by atoms with Gasteiger partial charge in [-0.2, -0.15) is 5.26 Å². The van der Waals surface area contributed by atoms with E-state index in [4.69, 9.17) is 5.26 Å². The summed E-state index contributed by atoms with van der Waals surface area (Å²) in [7, 11) is 0. The van der Waals surface area contributed by atoms with Crippen molar-refractivity contribution < 1.29 is 13.2 Å². The van der Waals surface area contributed by atoms with Crippen LogP contribution in [0.5, 0.6) is 0 Å². The molecule has 1 heterocycles. The Labute approximate surface area is 103 Å². The van der Waals surface area contributed by atoms with Gasteiger partial charge < -0.3 is 5.32 Å². The van der Waals surface area contributed by atoms with E-state index in [2.05, 4.69) is 5.32 Å². The second-order valence-electron chi connectivity index (χ2n) is 4.61. The normalized spacial score (nSPS) is 18.3. The Morgan fingerprint density at radius 2 is 1.78 bits per heavy atom. The molecule has 0 saturated carbocycles. The predicted molar refractivity (Wildman–Crippen MR) is 60.7 cm³/mol. The third-order valence-electron chi connectivity index (χ3n) is 3.26. The Balaban J connectivity index is 2.26. The van der Waals surface area contributed by atoms with Gasteiger partial charge in [0.2, 0.25) is 0 Å². The van der Waals surface area contributed by atoms with Gasteiger partial charge in [-0.1, -0.05) is 0 Å². The second kappa shape index (κ2) is 4.99. The molecule has 0 amide bonds. The fourth-order valence-corrected chi connectivity index (χ4v) is 2.20. The van der Waals surface area contributed by atoms with Gasteiger partial charge in [0, 0.05) is 12.0 Å². The van der Waals surface area contributed by atoms with E-state index in [1.165, 1.54) is 0 Å². The molecule has 1 aliphatic rings. The van der Waals surface area contributed by atoms with Crippen LogP contribution in [0.2, 0.25) is 0 Å². The highest BCUT2D eigenvalue weighted by Crippen LogP contribution is 2.30. The van der Waals surface area contributed by atoms with Crippen LogP contribution >= 0.6 is 0 Å². The number of hydrogen-bond donors (Lipinski definition) is 1. The van der Waals surface area contributed by atoms with Crippen molar-refractivity contribution >= 4 is 0 Å². The zero-order valence-electron chi connectivity index (χ0n) is 9.77. The Morgan fingerprint density at radius 1 is 1.22 bits per heavy atom. The second-order valence-corrected chi connectivity index (χ2v) is 4.61. The van der Waals surface area contributed by atoms with Crippen LogP contribution in [0.1, 0.15) is 24.0 Å². The van der Waals surface area contributed by atoms with Crippen molar-refractivity contribution in [3.63, 3.8) is 0 Å². The van der Waals surface area contributed by atoms with Gasteiger partial charge in [-0.05, 0) is 38.1 Å². The van der Waals surface area contributed by atoms with E-state index in [1.807, 2.05) is 0 Å². The van der Waals surface area contributed by atoms with E-state index >= 15 is 0 Å². The summed E-state index contributed by atoms with van der Waals surface area (Å²) in [6.07, 6.45) is 0.204. The van der Waals surface area contributed by atoms with Crippen molar-refractivity contribution in [2.75, 3.05) is 13.1 Å². The monoisotopic (exact) mass is 254 g/mol. The molecule has 1 N–H and O–H groups in total. The van der Waals surface area contributed by atoms with Crippen LogP contribution in [0, 0.1) is 23.0 Å². The molecule has 0 atom stereocenters. The first-order chi connectivity index (χ1) is 8.54. The highest BCUT2D eigenvalue weighted by molar-refractivity contribution is 5.34. The zero-order chi connectivity index (χ0) is 13.2. The number of benzene rings is 1. The van der Waals surface area contributed by atoms with Gasteiger partial charge in [-0.3, -0.25) is 0 Å². The van der Waals surface area contributed by atoms with Gasteiger partial charge in [0.25, 0.3) is 0 Å². The molecule has 5 heteroatoms. The van der Waals surface area contributed by atoms with Crippen LogP contribution in [0.15, 0.2) is 12.1 Å². The third kappa shape index (κ3) is 2.65. The minimum atomic E-state index is -1.57. The molecule has 0 spiro atoms. The summed E-state index contributed by atoms with van der Waals surface area (Å²) in [6, 6.07) is 3.56. The van der Waals surface area contributed by atoms with Crippen LogP contribution in [0.25, 0.3) is 0 Å². The minimum absolute atomic E-state index is 0.0908. The van der Waals surface area contributed by atoms with Crippen molar-refractivity contribution in [1.29, 1.82) is 5.26 Å². The van der Waals surface area contributed by atoms with Crippen LogP contribution in [0.4, 0.5) is 13.2 Å². The summed E-state index contributed by atoms with van der Waals surface area (Å²) in [5, 5.41) is 11.6. The molecular formula is C13H13F3N2. The third-order valence-corrected chi connectivity index (χ3v) is 3.26. The van der Waals surface area contributed by atoms with Crippen LogP contribution in [-0.2, 0) is 6.42 Å². The van der Waals surface area contributed by atoms with E-state index in [0.29, 0.717) is 13.1 Å². The largest absolute Gasteiger partial charge is 0.316 e. The van der Waals surface area contributed by atoms with E-state index in [9.17, 15) is 13.2 Å². The maximum absolute atomic E-state index is 14.4. The van der Waals surface area contributed by atoms with Crippen LogP contribution < -0.4 is 5.32 Å². The first-order valence-corrected chi connectivity index (χ1v) is 5.82. The number of hydrogen-bond acceptors (Lipinski definition) is 2. The van der Waals surface area contributed by atoms with Crippen LogP contribution in [0.3, 0.4) is 0 Å². The van der Waals surface area contributed by atoms with Gasteiger partial charge in [-0.25, -0.2) is 13.2 Å². The lowest BCUT2D eigenvalue weighted by Crippen LogP contribution is -2.40. The summed E-state index contributed by atoms with van der Waals surface area (Å²) < 4.78 is 41.7. The van der Waals surface area contributed by atoms with Crippen molar-refractivity contribution in [2.45, 2.75) is 24.9 Å². The Bertz CT molecular complexity index is 464. The SMILES string of the molecule is N#Cc1cc(F)c(CC2(F)CCNCC2)c(F)c1. The van der Waals surface area contributed by atoms with E-state index < -0.39 is 17.3 Å². The van der Waals surface area contributed by atoms with Gasteiger partial charge in [0.1, 0.15) is 17.3 Å². The van der Waals surface area contributed by atoms with Crippen molar-refractivity contribution in [2.24, 2.45) is 0 Å². The lowest BCUT2D eigenvalue weighted by Gasteiger charge is -2.30. The molecule has 1 aromatic rings. The molecule has 0 bridgehead atoms. The molecule has 2 rings (SSSR count). The molecule has 2 nitrogen and oxygen atoms in total. The number of alkyl halides is 1. The topological polar surface area (TPSA) is 35.8 Å². The Morgan fingerprint density at radius 3 is 2.28 bits per heavy atom. The summed E-state index contributed by atoms with van der Waals surface area (Å²) in [6.45, 7) is 1.02.